The molecule has 0 saturated heterocycles. The number of aryl methyl sites for hydroxylation is 1. The molecule has 1 amide bonds. The zero-order chi connectivity index (χ0) is 15.4. The van der Waals surface area contributed by atoms with Crippen LogP contribution in [0.2, 0.25) is 0 Å². The molecular weight excluding hydrogens is 291 g/mol. The van der Waals surface area contributed by atoms with Gasteiger partial charge >= 0.3 is 0 Å². The Kier molecular flexibility index (Phi) is 4.70. The predicted octanol–water partition coefficient (Wildman–Crippen LogP) is 2.46. The number of rotatable bonds is 4. The first-order valence-corrected chi connectivity index (χ1v) is 7.57. The summed E-state index contributed by atoms with van der Waals surface area (Å²) < 4.78 is 25.0. The number of hydrogen-bond acceptors (Lipinski definition) is 3. The maximum atomic E-state index is 12.9. The molecule has 0 aliphatic carbocycles. The minimum absolute atomic E-state index is 0.0801. The van der Waals surface area contributed by atoms with Gasteiger partial charge in [-0.2, -0.15) is 0 Å². The summed E-state index contributed by atoms with van der Waals surface area (Å²) in [6.07, 6.45) is 0. The number of carbonyl (C=O) groups excluding carboxylic acids is 1. The third-order valence-electron chi connectivity index (χ3n) is 2.81. The first-order chi connectivity index (χ1) is 9.95. The van der Waals surface area contributed by atoms with Crippen molar-refractivity contribution in [2.75, 3.05) is 16.8 Å². The zero-order valence-electron chi connectivity index (χ0n) is 11.4. The molecule has 0 spiro atoms. The molecule has 2 aromatic carbocycles. The Hall–Kier alpha value is -2.21. The summed E-state index contributed by atoms with van der Waals surface area (Å²) in [4.78, 5) is 12.1. The van der Waals surface area contributed by atoms with Crippen molar-refractivity contribution in [3.63, 3.8) is 0 Å². The van der Waals surface area contributed by atoms with E-state index >= 15 is 0 Å². The minimum atomic E-state index is -1.62. The van der Waals surface area contributed by atoms with Gasteiger partial charge in [0.05, 0.1) is 21.4 Å². The largest absolute Gasteiger partial charge is 0.398 e. The van der Waals surface area contributed by atoms with Crippen LogP contribution in [0.4, 0.5) is 15.8 Å². The maximum absolute atomic E-state index is 12.9. The fraction of sp³-hybridized carbons (Fsp3) is 0.133. The maximum Gasteiger partial charge on any atom is 0.237 e. The third-order valence-corrected chi connectivity index (χ3v) is 4.20. The van der Waals surface area contributed by atoms with Crippen LogP contribution in [0.15, 0.2) is 47.4 Å². The molecule has 0 aromatic heterocycles. The standard InChI is InChI=1S/C15H15FN2O2S/c1-10-2-5-12(6-3-10)18-15(19)9-21(20)14-7-4-11(16)8-13(14)17/h2-8H,9,17H2,1H3,(H,18,19). The van der Waals surface area contributed by atoms with Gasteiger partial charge in [-0.25, -0.2) is 4.39 Å². The second-order valence-corrected chi connectivity index (χ2v) is 6.01. The fourth-order valence-corrected chi connectivity index (χ4v) is 2.76. The first-order valence-electron chi connectivity index (χ1n) is 6.25. The van der Waals surface area contributed by atoms with Gasteiger partial charge in [-0.1, -0.05) is 17.7 Å². The predicted molar refractivity (Wildman–Crippen MR) is 81.9 cm³/mol. The first kappa shape index (κ1) is 15.2. The lowest BCUT2D eigenvalue weighted by molar-refractivity contribution is -0.113. The lowest BCUT2D eigenvalue weighted by Gasteiger charge is -2.07. The monoisotopic (exact) mass is 306 g/mol. The number of amides is 1. The van der Waals surface area contributed by atoms with E-state index < -0.39 is 16.6 Å². The molecule has 0 heterocycles. The van der Waals surface area contributed by atoms with E-state index in [9.17, 15) is 13.4 Å². The van der Waals surface area contributed by atoms with E-state index in [1.807, 2.05) is 19.1 Å². The van der Waals surface area contributed by atoms with E-state index in [1.165, 1.54) is 12.1 Å². The van der Waals surface area contributed by atoms with Crippen LogP contribution >= 0.6 is 0 Å². The van der Waals surface area contributed by atoms with Crippen molar-refractivity contribution >= 4 is 28.1 Å². The highest BCUT2D eigenvalue weighted by Gasteiger charge is 2.13. The SMILES string of the molecule is Cc1ccc(NC(=O)CS(=O)c2ccc(F)cc2N)cc1. The summed E-state index contributed by atoms with van der Waals surface area (Å²) >= 11 is 0. The van der Waals surface area contributed by atoms with Crippen molar-refractivity contribution in [3.8, 4) is 0 Å². The molecule has 0 radical (unpaired) electrons. The van der Waals surface area contributed by atoms with Crippen molar-refractivity contribution in [2.45, 2.75) is 11.8 Å². The third kappa shape index (κ3) is 4.13. The molecule has 2 rings (SSSR count). The Balaban J connectivity index is 2.02. The normalized spacial score (nSPS) is 11.9. The minimum Gasteiger partial charge on any atom is -0.398 e. The molecule has 0 fully saturated rings. The number of anilines is 2. The van der Waals surface area contributed by atoms with Crippen molar-refractivity contribution in [1.82, 2.24) is 0 Å². The van der Waals surface area contributed by atoms with Gasteiger partial charge in [0, 0.05) is 5.69 Å². The summed E-state index contributed by atoms with van der Waals surface area (Å²) in [7, 11) is -1.62. The number of nitrogen functional groups attached to an aromatic ring is 1. The number of nitrogens with one attached hydrogen (secondary N) is 1. The molecular formula is C15H15FN2O2S. The Morgan fingerprint density at radius 3 is 2.52 bits per heavy atom. The summed E-state index contributed by atoms with van der Waals surface area (Å²) in [5, 5.41) is 2.65. The van der Waals surface area contributed by atoms with Gasteiger partial charge in [-0.3, -0.25) is 9.00 Å². The number of benzene rings is 2. The molecule has 4 nitrogen and oxygen atoms in total. The molecule has 21 heavy (non-hydrogen) atoms. The van der Waals surface area contributed by atoms with Crippen LogP contribution in [-0.2, 0) is 15.6 Å². The second-order valence-electron chi connectivity index (χ2n) is 4.59. The second kappa shape index (κ2) is 6.49. The molecule has 0 saturated carbocycles. The highest BCUT2D eigenvalue weighted by Crippen LogP contribution is 2.18. The molecule has 3 N–H and O–H groups in total. The quantitative estimate of drug-likeness (QED) is 0.852. The summed E-state index contributed by atoms with van der Waals surface area (Å²) in [6, 6.07) is 10.9. The Morgan fingerprint density at radius 1 is 1.24 bits per heavy atom. The van der Waals surface area contributed by atoms with E-state index in [0.29, 0.717) is 5.69 Å². The van der Waals surface area contributed by atoms with Gasteiger partial charge in [0.2, 0.25) is 5.91 Å². The highest BCUT2D eigenvalue weighted by molar-refractivity contribution is 7.86. The average molecular weight is 306 g/mol. The van der Waals surface area contributed by atoms with Gasteiger partial charge in [0.15, 0.2) is 0 Å². The van der Waals surface area contributed by atoms with Gasteiger partial charge in [-0.15, -0.1) is 0 Å². The summed E-state index contributed by atoms with van der Waals surface area (Å²) in [5.41, 5.74) is 7.40. The lowest BCUT2D eigenvalue weighted by Crippen LogP contribution is -2.20. The number of nitrogens with two attached hydrogens (primary N) is 1. The van der Waals surface area contributed by atoms with Crippen molar-refractivity contribution in [3.05, 3.63) is 53.8 Å². The van der Waals surface area contributed by atoms with E-state index in [2.05, 4.69) is 5.32 Å². The molecule has 0 bridgehead atoms. The molecule has 2 aromatic rings. The fourth-order valence-electron chi connectivity index (χ4n) is 1.76. The van der Waals surface area contributed by atoms with E-state index in [-0.39, 0.29) is 22.2 Å². The van der Waals surface area contributed by atoms with Crippen LogP contribution in [-0.4, -0.2) is 15.9 Å². The Bertz CT molecular complexity index is 687. The van der Waals surface area contributed by atoms with Gasteiger partial charge in [-0.05, 0) is 37.3 Å². The Morgan fingerprint density at radius 2 is 1.90 bits per heavy atom. The molecule has 110 valence electrons. The molecule has 0 aliphatic heterocycles. The molecule has 1 unspecified atom stereocenters. The molecule has 0 aliphatic rings. The lowest BCUT2D eigenvalue weighted by atomic mass is 10.2. The summed E-state index contributed by atoms with van der Waals surface area (Å²) in [6.45, 7) is 1.94. The van der Waals surface area contributed by atoms with E-state index in [0.717, 1.165) is 11.6 Å². The van der Waals surface area contributed by atoms with Crippen LogP contribution in [0, 0.1) is 12.7 Å². The van der Waals surface area contributed by atoms with Gasteiger partial charge in [0.1, 0.15) is 11.6 Å². The highest BCUT2D eigenvalue weighted by atomic mass is 32.2. The van der Waals surface area contributed by atoms with Crippen LogP contribution in [0.5, 0.6) is 0 Å². The van der Waals surface area contributed by atoms with Crippen LogP contribution < -0.4 is 11.1 Å². The van der Waals surface area contributed by atoms with Crippen molar-refractivity contribution in [1.29, 1.82) is 0 Å². The average Bonchev–Trinajstić information content (AvgIpc) is 2.41. The Labute approximate surface area is 124 Å². The topological polar surface area (TPSA) is 72.2 Å². The molecule has 1 atom stereocenters. The van der Waals surface area contributed by atoms with Crippen LogP contribution in [0.25, 0.3) is 0 Å². The van der Waals surface area contributed by atoms with Crippen LogP contribution in [0.3, 0.4) is 0 Å². The zero-order valence-corrected chi connectivity index (χ0v) is 12.2. The number of hydrogen-bond donors (Lipinski definition) is 2. The molecule has 6 heteroatoms. The van der Waals surface area contributed by atoms with Gasteiger partial charge in [0.25, 0.3) is 0 Å². The number of halogens is 1. The van der Waals surface area contributed by atoms with Crippen molar-refractivity contribution < 1.29 is 13.4 Å². The van der Waals surface area contributed by atoms with Crippen molar-refractivity contribution in [2.24, 2.45) is 0 Å². The smallest absolute Gasteiger partial charge is 0.237 e. The number of carbonyl (C=O) groups is 1. The van der Waals surface area contributed by atoms with Gasteiger partial charge < -0.3 is 11.1 Å². The van der Waals surface area contributed by atoms with Crippen LogP contribution in [0.1, 0.15) is 5.56 Å². The van der Waals surface area contributed by atoms with E-state index in [4.69, 9.17) is 5.73 Å². The van der Waals surface area contributed by atoms with E-state index in [1.54, 1.807) is 12.1 Å². The summed E-state index contributed by atoms with van der Waals surface area (Å²) in [5.74, 6) is -1.12.